The maximum Gasteiger partial charge on any atom is 0.248 e. The molecule has 1 amide bonds. The van der Waals surface area contributed by atoms with E-state index in [2.05, 4.69) is 10.2 Å². The van der Waals surface area contributed by atoms with Crippen molar-refractivity contribution in [3.8, 4) is 11.5 Å². The first-order valence-corrected chi connectivity index (χ1v) is 8.40. The molecule has 4 rings (SSSR count). The Morgan fingerprint density at radius 3 is 2.57 bits per heavy atom. The van der Waals surface area contributed by atoms with Gasteiger partial charge in [-0.25, -0.2) is 0 Å². The van der Waals surface area contributed by atoms with Crippen molar-refractivity contribution in [2.24, 2.45) is 5.92 Å². The summed E-state index contributed by atoms with van der Waals surface area (Å²) >= 11 is 0. The molecule has 2 fully saturated rings. The van der Waals surface area contributed by atoms with Crippen molar-refractivity contribution < 1.29 is 9.21 Å². The van der Waals surface area contributed by atoms with E-state index in [4.69, 9.17) is 4.42 Å². The number of aromatic nitrogens is 2. The third kappa shape index (κ3) is 2.87. The van der Waals surface area contributed by atoms with E-state index in [0.717, 1.165) is 49.9 Å². The quantitative estimate of drug-likeness (QED) is 0.873. The van der Waals surface area contributed by atoms with E-state index in [9.17, 15) is 4.79 Å². The highest BCUT2D eigenvalue weighted by atomic mass is 16.4. The number of amides is 1. The van der Waals surface area contributed by atoms with Gasteiger partial charge in [0, 0.05) is 30.5 Å². The summed E-state index contributed by atoms with van der Waals surface area (Å²) in [6.45, 7) is 3.66. The van der Waals surface area contributed by atoms with Crippen LogP contribution in [0.15, 0.2) is 28.7 Å². The summed E-state index contributed by atoms with van der Waals surface area (Å²) in [4.78, 5) is 14.1. The van der Waals surface area contributed by atoms with Crippen LogP contribution < -0.4 is 0 Å². The van der Waals surface area contributed by atoms with E-state index in [1.165, 1.54) is 0 Å². The summed E-state index contributed by atoms with van der Waals surface area (Å²) < 4.78 is 5.92. The first-order valence-electron chi connectivity index (χ1n) is 8.40. The van der Waals surface area contributed by atoms with E-state index in [1.54, 1.807) is 0 Å². The van der Waals surface area contributed by atoms with E-state index < -0.39 is 0 Å². The Kier molecular flexibility index (Phi) is 3.63. The molecule has 1 aromatic heterocycles. The molecule has 1 saturated carbocycles. The number of carbonyl (C=O) groups excluding carboxylic acids is 1. The van der Waals surface area contributed by atoms with Gasteiger partial charge >= 0.3 is 0 Å². The second-order valence-corrected chi connectivity index (χ2v) is 6.63. The van der Waals surface area contributed by atoms with Crippen molar-refractivity contribution in [1.82, 2.24) is 15.1 Å². The van der Waals surface area contributed by atoms with Gasteiger partial charge in [0.1, 0.15) is 0 Å². The lowest BCUT2D eigenvalue weighted by Gasteiger charge is -2.30. The van der Waals surface area contributed by atoms with Gasteiger partial charge in [0.2, 0.25) is 17.7 Å². The average molecular weight is 311 g/mol. The van der Waals surface area contributed by atoms with Crippen LogP contribution in [0.3, 0.4) is 0 Å². The van der Waals surface area contributed by atoms with Crippen molar-refractivity contribution in [2.75, 3.05) is 13.1 Å². The van der Waals surface area contributed by atoms with Gasteiger partial charge in [-0.3, -0.25) is 4.79 Å². The number of rotatable bonds is 3. The van der Waals surface area contributed by atoms with Crippen molar-refractivity contribution in [3.05, 3.63) is 35.7 Å². The normalized spacial score (nSPS) is 19.1. The molecule has 0 N–H and O–H groups in total. The van der Waals surface area contributed by atoms with Gasteiger partial charge < -0.3 is 9.32 Å². The molecule has 2 aromatic rings. The van der Waals surface area contributed by atoms with Crippen LogP contribution in [-0.2, 0) is 4.79 Å². The third-order valence-corrected chi connectivity index (χ3v) is 4.90. The highest BCUT2D eigenvalue weighted by Gasteiger charge is 2.35. The fourth-order valence-electron chi connectivity index (χ4n) is 3.26. The molecule has 0 atom stereocenters. The van der Waals surface area contributed by atoms with Gasteiger partial charge in [-0.15, -0.1) is 10.2 Å². The first-order chi connectivity index (χ1) is 11.2. The maximum absolute atomic E-state index is 12.1. The Morgan fingerprint density at radius 1 is 1.13 bits per heavy atom. The molecule has 0 bridgehead atoms. The molecule has 23 heavy (non-hydrogen) atoms. The minimum absolute atomic E-state index is 0.267. The summed E-state index contributed by atoms with van der Waals surface area (Å²) in [6, 6.07) is 8.03. The number of hydrogen-bond acceptors (Lipinski definition) is 4. The summed E-state index contributed by atoms with van der Waals surface area (Å²) in [5.41, 5.74) is 2.13. The molecule has 5 heteroatoms. The lowest BCUT2D eigenvalue weighted by Crippen LogP contribution is -2.38. The van der Waals surface area contributed by atoms with E-state index in [1.807, 2.05) is 36.1 Å². The number of hydrogen-bond donors (Lipinski definition) is 0. The second kappa shape index (κ2) is 5.80. The molecule has 0 radical (unpaired) electrons. The molecular weight excluding hydrogens is 290 g/mol. The standard InChI is InChI=1S/C18H21N3O2/c1-12-4-2-3-5-15(12)17-20-19-16(23-17)13-8-10-21(11-9-13)18(22)14-6-7-14/h2-5,13-14H,6-11H2,1H3. The van der Waals surface area contributed by atoms with Gasteiger partial charge in [-0.1, -0.05) is 18.2 Å². The van der Waals surface area contributed by atoms with Crippen LogP contribution >= 0.6 is 0 Å². The molecule has 1 aliphatic heterocycles. The summed E-state index contributed by atoms with van der Waals surface area (Å²) in [7, 11) is 0. The Morgan fingerprint density at radius 2 is 1.87 bits per heavy atom. The van der Waals surface area contributed by atoms with Gasteiger partial charge in [0.15, 0.2) is 0 Å². The zero-order valence-corrected chi connectivity index (χ0v) is 13.4. The first kappa shape index (κ1) is 14.4. The van der Waals surface area contributed by atoms with Gasteiger partial charge in [0.05, 0.1) is 0 Å². The van der Waals surface area contributed by atoms with Crippen LogP contribution in [0.2, 0.25) is 0 Å². The van der Waals surface area contributed by atoms with Crippen LogP contribution in [0.4, 0.5) is 0 Å². The minimum atomic E-state index is 0.267. The van der Waals surface area contributed by atoms with Crippen molar-refractivity contribution in [2.45, 2.75) is 38.5 Å². The summed E-state index contributed by atoms with van der Waals surface area (Å²) in [5, 5.41) is 8.47. The lowest BCUT2D eigenvalue weighted by atomic mass is 9.96. The van der Waals surface area contributed by atoms with Crippen LogP contribution in [0.5, 0.6) is 0 Å². The Balaban J connectivity index is 1.44. The second-order valence-electron chi connectivity index (χ2n) is 6.63. The van der Waals surface area contributed by atoms with Crippen LogP contribution in [0, 0.1) is 12.8 Å². The largest absolute Gasteiger partial charge is 0.420 e. The van der Waals surface area contributed by atoms with E-state index >= 15 is 0 Å². The Hall–Kier alpha value is -2.17. The highest BCUT2D eigenvalue weighted by Crippen LogP contribution is 2.34. The Bertz CT molecular complexity index is 713. The predicted octanol–water partition coefficient (Wildman–Crippen LogP) is 3.16. The van der Waals surface area contributed by atoms with Crippen LogP contribution in [0.25, 0.3) is 11.5 Å². The fourth-order valence-corrected chi connectivity index (χ4v) is 3.26. The smallest absolute Gasteiger partial charge is 0.248 e. The third-order valence-electron chi connectivity index (χ3n) is 4.90. The zero-order chi connectivity index (χ0) is 15.8. The van der Waals surface area contributed by atoms with Crippen LogP contribution in [0.1, 0.15) is 43.1 Å². The van der Waals surface area contributed by atoms with Crippen molar-refractivity contribution in [1.29, 1.82) is 0 Å². The topological polar surface area (TPSA) is 59.2 Å². The average Bonchev–Trinajstić information content (AvgIpc) is 3.32. The zero-order valence-electron chi connectivity index (χ0n) is 13.4. The van der Waals surface area contributed by atoms with Crippen LogP contribution in [-0.4, -0.2) is 34.1 Å². The number of aryl methyl sites for hydroxylation is 1. The summed E-state index contributed by atoms with van der Waals surface area (Å²) in [5.74, 6) is 2.22. The number of likely N-dealkylation sites (tertiary alicyclic amines) is 1. The number of piperidine rings is 1. The van der Waals surface area contributed by atoms with Gasteiger partial charge in [0.25, 0.3) is 0 Å². The number of carbonyl (C=O) groups is 1. The molecule has 0 spiro atoms. The molecule has 5 nitrogen and oxygen atoms in total. The molecule has 1 aliphatic carbocycles. The SMILES string of the molecule is Cc1ccccc1-c1nnc(C2CCN(C(=O)C3CC3)CC2)o1. The molecule has 1 saturated heterocycles. The molecular formula is C18H21N3O2. The van der Waals surface area contributed by atoms with Crippen molar-refractivity contribution >= 4 is 5.91 Å². The minimum Gasteiger partial charge on any atom is -0.420 e. The Labute approximate surface area is 135 Å². The van der Waals surface area contributed by atoms with Gasteiger partial charge in [-0.05, 0) is 44.2 Å². The van der Waals surface area contributed by atoms with Crippen molar-refractivity contribution in [3.63, 3.8) is 0 Å². The molecule has 2 heterocycles. The number of nitrogens with zero attached hydrogens (tertiary/aromatic N) is 3. The molecule has 120 valence electrons. The predicted molar refractivity (Wildman–Crippen MR) is 85.8 cm³/mol. The fraction of sp³-hybridized carbons (Fsp3) is 0.500. The monoisotopic (exact) mass is 311 g/mol. The molecule has 0 unspecified atom stereocenters. The molecule has 2 aliphatic rings. The van der Waals surface area contributed by atoms with E-state index in [0.29, 0.717) is 23.6 Å². The maximum atomic E-state index is 12.1. The summed E-state index contributed by atoms with van der Waals surface area (Å²) in [6.07, 6.45) is 3.96. The van der Waals surface area contributed by atoms with E-state index in [-0.39, 0.29) is 5.92 Å². The van der Waals surface area contributed by atoms with Gasteiger partial charge in [-0.2, -0.15) is 0 Å². The molecule has 1 aromatic carbocycles. The number of benzene rings is 1. The highest BCUT2D eigenvalue weighted by molar-refractivity contribution is 5.81. The lowest BCUT2D eigenvalue weighted by molar-refractivity contribution is -0.133.